The van der Waals surface area contributed by atoms with Gasteiger partial charge >= 0.3 is 0 Å². The Balaban J connectivity index is 2.46. The van der Waals surface area contributed by atoms with Crippen molar-refractivity contribution in [3.8, 4) is 11.3 Å². The van der Waals surface area contributed by atoms with Crippen LogP contribution in [0.1, 0.15) is 18.9 Å². The summed E-state index contributed by atoms with van der Waals surface area (Å²) in [6.45, 7) is 5.01. The standard InChI is InChI=1S/C12H16N4/c1-3-6-16-12(8-14-15-16)10-5-4-9(2)7-11(10)13/h4-5,7-8H,3,6,13H2,1-2H3. The van der Waals surface area contributed by atoms with Crippen LogP contribution in [-0.4, -0.2) is 15.0 Å². The molecule has 1 aromatic carbocycles. The first-order valence-electron chi connectivity index (χ1n) is 5.47. The van der Waals surface area contributed by atoms with Gasteiger partial charge in [0.05, 0.1) is 11.9 Å². The molecule has 4 nitrogen and oxygen atoms in total. The maximum Gasteiger partial charge on any atom is 0.0906 e. The van der Waals surface area contributed by atoms with E-state index in [1.165, 1.54) is 0 Å². The average molecular weight is 216 g/mol. The minimum Gasteiger partial charge on any atom is -0.398 e. The second-order valence-electron chi connectivity index (χ2n) is 3.93. The van der Waals surface area contributed by atoms with Crippen molar-refractivity contribution >= 4 is 5.69 Å². The maximum absolute atomic E-state index is 6.01. The maximum atomic E-state index is 6.01. The lowest BCUT2D eigenvalue weighted by molar-refractivity contribution is 0.584. The number of aromatic nitrogens is 3. The van der Waals surface area contributed by atoms with E-state index < -0.39 is 0 Å². The van der Waals surface area contributed by atoms with Crippen LogP contribution in [0.3, 0.4) is 0 Å². The third-order valence-electron chi connectivity index (χ3n) is 2.54. The van der Waals surface area contributed by atoms with Gasteiger partial charge in [-0.3, -0.25) is 0 Å². The first-order valence-corrected chi connectivity index (χ1v) is 5.47. The van der Waals surface area contributed by atoms with Crippen molar-refractivity contribution in [2.24, 2.45) is 0 Å². The monoisotopic (exact) mass is 216 g/mol. The van der Waals surface area contributed by atoms with Crippen molar-refractivity contribution in [2.45, 2.75) is 26.8 Å². The van der Waals surface area contributed by atoms with Gasteiger partial charge in [-0.2, -0.15) is 0 Å². The lowest BCUT2D eigenvalue weighted by Gasteiger charge is -2.08. The van der Waals surface area contributed by atoms with E-state index in [9.17, 15) is 0 Å². The van der Waals surface area contributed by atoms with Crippen molar-refractivity contribution in [2.75, 3.05) is 5.73 Å². The van der Waals surface area contributed by atoms with Crippen LogP contribution in [0.15, 0.2) is 24.4 Å². The number of hydrogen-bond donors (Lipinski definition) is 1. The Labute approximate surface area is 95.1 Å². The first-order chi connectivity index (χ1) is 7.72. The summed E-state index contributed by atoms with van der Waals surface area (Å²) in [5, 5.41) is 8.00. The minimum absolute atomic E-state index is 0.777. The Hall–Kier alpha value is -1.84. The molecule has 0 spiro atoms. The molecule has 0 atom stereocenters. The lowest BCUT2D eigenvalue weighted by Crippen LogP contribution is -2.03. The summed E-state index contributed by atoms with van der Waals surface area (Å²) in [5.41, 5.74) is 9.94. The molecule has 1 heterocycles. The van der Waals surface area contributed by atoms with Gasteiger partial charge in [-0.1, -0.05) is 24.3 Å². The number of aryl methyl sites for hydroxylation is 2. The van der Waals surface area contributed by atoms with Crippen molar-refractivity contribution in [3.05, 3.63) is 30.0 Å². The zero-order chi connectivity index (χ0) is 11.5. The summed E-state index contributed by atoms with van der Waals surface area (Å²) in [5.74, 6) is 0. The van der Waals surface area contributed by atoms with Gasteiger partial charge < -0.3 is 5.73 Å². The molecule has 0 bridgehead atoms. The summed E-state index contributed by atoms with van der Waals surface area (Å²) in [6.07, 6.45) is 2.79. The zero-order valence-electron chi connectivity index (χ0n) is 9.64. The van der Waals surface area contributed by atoms with E-state index in [1.54, 1.807) is 6.20 Å². The summed E-state index contributed by atoms with van der Waals surface area (Å²) in [6, 6.07) is 6.04. The topological polar surface area (TPSA) is 56.7 Å². The minimum atomic E-state index is 0.777. The summed E-state index contributed by atoms with van der Waals surface area (Å²) in [4.78, 5) is 0. The highest BCUT2D eigenvalue weighted by Crippen LogP contribution is 2.25. The highest BCUT2D eigenvalue weighted by molar-refractivity contribution is 5.73. The second kappa shape index (κ2) is 4.35. The molecule has 16 heavy (non-hydrogen) atoms. The van der Waals surface area contributed by atoms with E-state index >= 15 is 0 Å². The Kier molecular flexibility index (Phi) is 2.90. The largest absolute Gasteiger partial charge is 0.398 e. The molecule has 0 saturated heterocycles. The van der Waals surface area contributed by atoms with E-state index in [0.717, 1.165) is 35.5 Å². The Morgan fingerprint density at radius 2 is 2.19 bits per heavy atom. The fraction of sp³-hybridized carbons (Fsp3) is 0.333. The molecule has 2 rings (SSSR count). The predicted molar refractivity (Wildman–Crippen MR) is 64.9 cm³/mol. The Bertz CT molecular complexity index is 488. The molecule has 0 radical (unpaired) electrons. The Morgan fingerprint density at radius 3 is 2.88 bits per heavy atom. The average Bonchev–Trinajstić information content (AvgIpc) is 2.67. The summed E-state index contributed by atoms with van der Waals surface area (Å²) < 4.78 is 1.89. The van der Waals surface area contributed by atoms with Crippen LogP contribution in [-0.2, 0) is 6.54 Å². The van der Waals surface area contributed by atoms with Crippen molar-refractivity contribution in [3.63, 3.8) is 0 Å². The molecule has 2 N–H and O–H groups in total. The van der Waals surface area contributed by atoms with Crippen LogP contribution in [0.25, 0.3) is 11.3 Å². The van der Waals surface area contributed by atoms with Gasteiger partial charge in [0.2, 0.25) is 0 Å². The molecule has 0 amide bonds. The number of anilines is 1. The van der Waals surface area contributed by atoms with E-state index in [1.807, 2.05) is 23.7 Å². The van der Waals surface area contributed by atoms with E-state index in [4.69, 9.17) is 5.73 Å². The lowest BCUT2D eigenvalue weighted by atomic mass is 10.1. The molecule has 84 valence electrons. The van der Waals surface area contributed by atoms with Gasteiger partial charge in [-0.25, -0.2) is 4.68 Å². The van der Waals surface area contributed by atoms with Crippen LogP contribution in [0.4, 0.5) is 5.69 Å². The molecule has 0 aliphatic carbocycles. The quantitative estimate of drug-likeness (QED) is 0.800. The summed E-state index contributed by atoms with van der Waals surface area (Å²) >= 11 is 0. The van der Waals surface area contributed by atoms with Gasteiger partial charge in [-0.15, -0.1) is 5.10 Å². The molecule has 4 heteroatoms. The SMILES string of the molecule is CCCn1nncc1-c1ccc(C)cc1N. The van der Waals surface area contributed by atoms with Crippen LogP contribution < -0.4 is 5.73 Å². The number of rotatable bonds is 3. The highest BCUT2D eigenvalue weighted by atomic mass is 15.4. The van der Waals surface area contributed by atoms with Gasteiger partial charge in [0.25, 0.3) is 0 Å². The molecular formula is C12H16N4. The van der Waals surface area contributed by atoms with Crippen LogP contribution in [0.2, 0.25) is 0 Å². The number of nitrogens with zero attached hydrogens (tertiary/aromatic N) is 3. The number of benzene rings is 1. The zero-order valence-corrected chi connectivity index (χ0v) is 9.64. The molecule has 1 aromatic heterocycles. The van der Waals surface area contributed by atoms with Gasteiger partial charge in [0.1, 0.15) is 0 Å². The fourth-order valence-electron chi connectivity index (χ4n) is 1.76. The number of nitrogen functional groups attached to an aromatic ring is 1. The molecular weight excluding hydrogens is 200 g/mol. The molecule has 0 fully saturated rings. The molecule has 0 aliphatic rings. The highest BCUT2D eigenvalue weighted by Gasteiger charge is 2.08. The van der Waals surface area contributed by atoms with E-state index in [-0.39, 0.29) is 0 Å². The van der Waals surface area contributed by atoms with Crippen molar-refractivity contribution < 1.29 is 0 Å². The second-order valence-corrected chi connectivity index (χ2v) is 3.93. The van der Waals surface area contributed by atoms with Crippen molar-refractivity contribution in [1.29, 1.82) is 0 Å². The third-order valence-corrected chi connectivity index (χ3v) is 2.54. The van der Waals surface area contributed by atoms with E-state index in [2.05, 4.69) is 23.3 Å². The van der Waals surface area contributed by atoms with Gasteiger partial charge in [0.15, 0.2) is 0 Å². The smallest absolute Gasteiger partial charge is 0.0906 e. The Morgan fingerprint density at radius 1 is 1.38 bits per heavy atom. The van der Waals surface area contributed by atoms with Gasteiger partial charge in [-0.05, 0) is 25.0 Å². The first kappa shape index (κ1) is 10.7. The summed E-state index contributed by atoms with van der Waals surface area (Å²) in [7, 11) is 0. The number of nitrogens with two attached hydrogens (primary N) is 1. The molecule has 2 aromatic rings. The van der Waals surface area contributed by atoms with Crippen molar-refractivity contribution in [1.82, 2.24) is 15.0 Å². The van der Waals surface area contributed by atoms with Crippen LogP contribution in [0.5, 0.6) is 0 Å². The van der Waals surface area contributed by atoms with Gasteiger partial charge in [0, 0.05) is 17.8 Å². The van der Waals surface area contributed by atoms with E-state index in [0.29, 0.717) is 0 Å². The van der Waals surface area contributed by atoms with Crippen LogP contribution >= 0.6 is 0 Å². The molecule has 0 aliphatic heterocycles. The van der Waals surface area contributed by atoms with Crippen LogP contribution in [0, 0.1) is 6.92 Å². The third kappa shape index (κ3) is 1.91. The number of hydrogen-bond acceptors (Lipinski definition) is 3. The molecule has 0 saturated carbocycles. The predicted octanol–water partition coefficient (Wildman–Crippen LogP) is 2.25. The molecule has 0 unspecified atom stereocenters. The normalized spacial score (nSPS) is 10.6. The fourth-order valence-corrected chi connectivity index (χ4v) is 1.76.